The molecule has 0 saturated heterocycles. The van der Waals surface area contributed by atoms with Crippen LogP contribution in [0.2, 0.25) is 0 Å². The number of carbonyl (C=O) groups is 1. The number of aryl methyl sites for hydroxylation is 1. The Morgan fingerprint density at radius 3 is 2.36 bits per heavy atom. The van der Waals surface area contributed by atoms with Crippen molar-refractivity contribution in [2.45, 2.75) is 63.4 Å². The molecular formula is C26H27F4NO2. The number of anilines is 1. The Balaban J connectivity index is 1.38. The summed E-state index contributed by atoms with van der Waals surface area (Å²) in [5.41, 5.74) is 2.24. The van der Waals surface area contributed by atoms with Gasteiger partial charge in [-0.3, -0.25) is 4.79 Å². The van der Waals surface area contributed by atoms with Crippen LogP contribution in [-0.2, 0) is 10.2 Å². The van der Waals surface area contributed by atoms with Crippen LogP contribution >= 0.6 is 0 Å². The van der Waals surface area contributed by atoms with E-state index in [-0.39, 0.29) is 17.0 Å². The number of hydrogen-bond acceptors (Lipinski definition) is 2. The number of ether oxygens (including phenoxy) is 1. The van der Waals surface area contributed by atoms with Gasteiger partial charge in [-0.2, -0.15) is 17.6 Å². The van der Waals surface area contributed by atoms with Crippen molar-refractivity contribution in [1.29, 1.82) is 0 Å². The highest BCUT2D eigenvalue weighted by atomic mass is 19.3. The molecule has 6 rings (SSSR count). The van der Waals surface area contributed by atoms with Gasteiger partial charge in [0.25, 0.3) is 0 Å². The number of benzene rings is 2. The number of carbonyl (C=O) groups excluding carboxylic acids is 1. The Kier molecular flexibility index (Phi) is 5.22. The Morgan fingerprint density at radius 2 is 1.73 bits per heavy atom. The molecule has 3 nitrogen and oxygen atoms in total. The van der Waals surface area contributed by atoms with E-state index in [0.29, 0.717) is 11.8 Å². The number of rotatable bonds is 6. The zero-order chi connectivity index (χ0) is 23.4. The van der Waals surface area contributed by atoms with Gasteiger partial charge in [-0.15, -0.1) is 0 Å². The normalized spacial score (nSPS) is 30.5. The Morgan fingerprint density at radius 1 is 1.06 bits per heavy atom. The lowest BCUT2D eigenvalue weighted by molar-refractivity contribution is -0.253. The van der Waals surface area contributed by atoms with Crippen LogP contribution in [0.15, 0.2) is 48.5 Å². The average molecular weight is 461 g/mol. The molecule has 4 saturated carbocycles. The highest BCUT2D eigenvalue weighted by Crippen LogP contribution is 2.66. The van der Waals surface area contributed by atoms with Crippen LogP contribution in [0, 0.1) is 24.2 Å². The predicted molar refractivity (Wildman–Crippen MR) is 117 cm³/mol. The van der Waals surface area contributed by atoms with Crippen molar-refractivity contribution < 1.29 is 27.1 Å². The summed E-state index contributed by atoms with van der Waals surface area (Å²) >= 11 is 0. The monoisotopic (exact) mass is 461 g/mol. The third kappa shape index (κ3) is 4.00. The van der Waals surface area contributed by atoms with Crippen LogP contribution in [0.3, 0.4) is 0 Å². The maximum atomic E-state index is 13.6. The third-order valence-electron chi connectivity index (χ3n) is 7.81. The van der Waals surface area contributed by atoms with E-state index in [1.807, 2.05) is 0 Å². The minimum atomic E-state index is -4.59. The maximum Gasteiger partial charge on any atom is 0.461 e. The van der Waals surface area contributed by atoms with Gasteiger partial charge in [-0.25, -0.2) is 0 Å². The third-order valence-corrected chi connectivity index (χ3v) is 7.81. The molecule has 4 bridgehead atoms. The average Bonchev–Trinajstić information content (AvgIpc) is 2.73. The Labute approximate surface area is 190 Å². The molecule has 176 valence electrons. The number of halogens is 4. The van der Waals surface area contributed by atoms with Crippen LogP contribution < -0.4 is 10.1 Å². The molecular weight excluding hydrogens is 434 g/mol. The largest absolute Gasteiger partial charge is 0.461 e. The van der Waals surface area contributed by atoms with Gasteiger partial charge in [-0.1, -0.05) is 35.9 Å². The van der Waals surface area contributed by atoms with Crippen LogP contribution in [0.1, 0.15) is 49.7 Å². The van der Waals surface area contributed by atoms with E-state index in [1.54, 1.807) is 6.07 Å². The summed E-state index contributed by atoms with van der Waals surface area (Å²) in [5.74, 6) is 0.431. The lowest BCUT2D eigenvalue weighted by atomic mass is 9.42. The Hall–Kier alpha value is -2.57. The number of hydrogen-bond donors (Lipinski definition) is 1. The second-order valence-corrected chi connectivity index (χ2v) is 10.3. The molecule has 0 aromatic heterocycles. The van der Waals surface area contributed by atoms with Crippen molar-refractivity contribution in [2.24, 2.45) is 17.3 Å². The topological polar surface area (TPSA) is 38.3 Å². The molecule has 2 aromatic rings. The van der Waals surface area contributed by atoms with E-state index in [0.717, 1.165) is 38.5 Å². The second-order valence-electron chi connectivity index (χ2n) is 10.3. The fraction of sp³-hybridized carbons (Fsp3) is 0.500. The second kappa shape index (κ2) is 7.74. The Bertz CT molecular complexity index is 1040. The molecule has 4 aliphatic carbocycles. The molecule has 4 aliphatic rings. The molecule has 2 aromatic carbocycles. The minimum Gasteiger partial charge on any atom is -0.428 e. The highest BCUT2D eigenvalue weighted by molar-refractivity contribution is 5.96. The van der Waals surface area contributed by atoms with Gasteiger partial charge in [0.2, 0.25) is 5.91 Å². The zero-order valence-corrected chi connectivity index (χ0v) is 18.4. The van der Waals surface area contributed by atoms with E-state index in [1.165, 1.54) is 29.3 Å². The molecule has 1 N–H and O–H groups in total. The zero-order valence-electron chi connectivity index (χ0n) is 18.4. The van der Waals surface area contributed by atoms with Crippen molar-refractivity contribution in [3.63, 3.8) is 0 Å². The van der Waals surface area contributed by atoms with Crippen molar-refractivity contribution >= 4 is 11.6 Å². The summed E-state index contributed by atoms with van der Waals surface area (Å²) in [6.07, 6.45) is -2.80. The first kappa shape index (κ1) is 22.2. The molecule has 0 unspecified atom stereocenters. The van der Waals surface area contributed by atoms with Crippen molar-refractivity contribution in [1.82, 2.24) is 0 Å². The van der Waals surface area contributed by atoms with Crippen molar-refractivity contribution in [3.8, 4) is 5.75 Å². The quantitative estimate of drug-likeness (QED) is 0.486. The van der Waals surface area contributed by atoms with E-state index >= 15 is 0 Å². The molecule has 7 heteroatoms. The molecule has 0 spiro atoms. The summed E-state index contributed by atoms with van der Waals surface area (Å²) < 4.78 is 55.8. The van der Waals surface area contributed by atoms with Crippen molar-refractivity contribution in [3.05, 3.63) is 59.7 Å². The number of alkyl halides is 4. The molecule has 2 atom stereocenters. The van der Waals surface area contributed by atoms with Crippen LogP contribution in [0.5, 0.6) is 5.75 Å². The van der Waals surface area contributed by atoms with Crippen LogP contribution in [-0.4, -0.2) is 18.4 Å². The summed E-state index contributed by atoms with van der Waals surface area (Å²) in [6, 6.07) is 13.9. The first-order chi connectivity index (χ1) is 15.6. The summed E-state index contributed by atoms with van der Waals surface area (Å²) in [4.78, 5) is 13.6. The van der Waals surface area contributed by atoms with E-state index < -0.39 is 23.7 Å². The minimum absolute atomic E-state index is 0.0145. The first-order valence-corrected chi connectivity index (χ1v) is 11.4. The highest BCUT2D eigenvalue weighted by Gasteiger charge is 2.60. The molecule has 1 amide bonds. The van der Waals surface area contributed by atoms with Gasteiger partial charge in [0.05, 0.1) is 5.41 Å². The SMILES string of the molecule is Cc1ccc(C23C[C@H]4C[C@@H](CC(C(=O)Nc5cccc(OC(F)(F)C(F)F)c5)(C4)C2)C3)cc1. The predicted octanol–water partition coefficient (Wildman–Crippen LogP) is 6.71. The van der Waals surface area contributed by atoms with Crippen LogP contribution in [0.4, 0.5) is 23.2 Å². The maximum absolute atomic E-state index is 13.6. The van der Waals surface area contributed by atoms with Gasteiger partial charge >= 0.3 is 12.5 Å². The fourth-order valence-corrected chi connectivity index (χ4v) is 6.88. The molecule has 0 aliphatic heterocycles. The summed E-state index contributed by atoms with van der Waals surface area (Å²) in [6.45, 7) is 2.06. The lowest BCUT2D eigenvalue weighted by Gasteiger charge is -2.61. The lowest BCUT2D eigenvalue weighted by Crippen LogP contribution is -2.57. The standard InChI is InChI=1S/C26H27F4NO2/c1-16-5-7-19(8-6-16)24-11-17-9-18(12-24)14-25(13-17,15-24)23(32)31-20-3-2-4-21(10-20)33-26(29,30)22(27)28/h2-8,10,17-18,22H,9,11-15H2,1H3,(H,31,32)/t17-,18-,24?,25?/m1/s1. The number of amides is 1. The first-order valence-electron chi connectivity index (χ1n) is 11.4. The molecule has 4 fully saturated rings. The van der Waals surface area contributed by atoms with Gasteiger partial charge in [-0.05, 0) is 80.4 Å². The fourth-order valence-electron chi connectivity index (χ4n) is 6.88. The van der Waals surface area contributed by atoms with E-state index in [9.17, 15) is 22.4 Å². The van der Waals surface area contributed by atoms with Crippen LogP contribution in [0.25, 0.3) is 0 Å². The molecule has 0 radical (unpaired) electrons. The molecule has 33 heavy (non-hydrogen) atoms. The van der Waals surface area contributed by atoms with Gasteiger partial charge in [0, 0.05) is 11.8 Å². The molecule has 0 heterocycles. The summed E-state index contributed by atoms with van der Waals surface area (Å²) in [5, 5.41) is 2.88. The smallest absolute Gasteiger partial charge is 0.428 e. The van der Waals surface area contributed by atoms with Gasteiger partial charge < -0.3 is 10.1 Å². The summed E-state index contributed by atoms with van der Waals surface area (Å²) in [7, 11) is 0. The van der Waals surface area contributed by atoms with Gasteiger partial charge in [0.1, 0.15) is 5.75 Å². The van der Waals surface area contributed by atoms with E-state index in [2.05, 4.69) is 41.2 Å². The number of nitrogens with one attached hydrogen (secondary N) is 1. The van der Waals surface area contributed by atoms with Gasteiger partial charge in [0.15, 0.2) is 0 Å². The van der Waals surface area contributed by atoms with E-state index in [4.69, 9.17) is 0 Å². The van der Waals surface area contributed by atoms with Crippen molar-refractivity contribution in [2.75, 3.05) is 5.32 Å².